The number of rotatable bonds is 7. The molecule has 2 nitrogen and oxygen atoms in total. The van der Waals surface area contributed by atoms with E-state index in [1.165, 1.54) is 12.0 Å². The quantitative estimate of drug-likeness (QED) is 0.778. The Kier molecular flexibility index (Phi) is 6.50. The van der Waals surface area contributed by atoms with Crippen molar-refractivity contribution in [3.63, 3.8) is 0 Å². The van der Waals surface area contributed by atoms with Gasteiger partial charge in [-0.15, -0.1) is 0 Å². The van der Waals surface area contributed by atoms with Gasteiger partial charge in [-0.2, -0.15) is 0 Å². The van der Waals surface area contributed by atoms with E-state index in [-0.39, 0.29) is 0 Å². The summed E-state index contributed by atoms with van der Waals surface area (Å²) in [6.45, 7) is 3.25. The number of ether oxygens (including phenoxy) is 1. The first-order valence-corrected chi connectivity index (χ1v) is 6.80. The van der Waals surface area contributed by atoms with Crippen LogP contribution < -0.4 is 10.1 Å². The molecule has 1 aromatic carbocycles. The molecule has 1 unspecified atom stereocenters. The number of benzene rings is 1. The van der Waals surface area contributed by atoms with Crippen molar-refractivity contribution in [2.75, 3.05) is 19.0 Å². The zero-order valence-electron chi connectivity index (χ0n) is 10.0. The van der Waals surface area contributed by atoms with Gasteiger partial charge in [0.05, 0.1) is 7.11 Å². The van der Waals surface area contributed by atoms with Gasteiger partial charge in [0, 0.05) is 11.4 Å². The van der Waals surface area contributed by atoms with Crippen LogP contribution >= 0.6 is 15.9 Å². The molecule has 1 N–H and O–H groups in total. The standard InChI is InChI=1S/C13H20BrNO/c1-11(7-9-14)15-10-8-12-3-5-13(16-2)6-4-12/h3-6,11,15H,7-10H2,1-2H3. The van der Waals surface area contributed by atoms with Crippen molar-refractivity contribution in [2.24, 2.45) is 0 Å². The van der Waals surface area contributed by atoms with Gasteiger partial charge in [0.1, 0.15) is 5.75 Å². The van der Waals surface area contributed by atoms with Crippen LogP contribution in [0.4, 0.5) is 0 Å². The molecule has 0 aliphatic carbocycles. The highest BCUT2D eigenvalue weighted by molar-refractivity contribution is 9.09. The number of hydrogen-bond donors (Lipinski definition) is 1. The first-order chi connectivity index (χ1) is 7.76. The number of hydrogen-bond acceptors (Lipinski definition) is 2. The summed E-state index contributed by atoms with van der Waals surface area (Å²) in [6.07, 6.45) is 2.24. The van der Waals surface area contributed by atoms with Crippen molar-refractivity contribution in [3.05, 3.63) is 29.8 Å². The largest absolute Gasteiger partial charge is 0.497 e. The summed E-state index contributed by atoms with van der Waals surface area (Å²) >= 11 is 3.45. The van der Waals surface area contributed by atoms with E-state index >= 15 is 0 Å². The summed E-state index contributed by atoms with van der Waals surface area (Å²) in [4.78, 5) is 0. The summed E-state index contributed by atoms with van der Waals surface area (Å²) < 4.78 is 5.12. The van der Waals surface area contributed by atoms with Crippen molar-refractivity contribution in [3.8, 4) is 5.75 Å². The molecule has 1 rings (SSSR count). The smallest absolute Gasteiger partial charge is 0.118 e. The van der Waals surface area contributed by atoms with Gasteiger partial charge in [-0.3, -0.25) is 0 Å². The molecule has 1 atom stereocenters. The molecule has 0 heterocycles. The fourth-order valence-corrected chi connectivity index (χ4v) is 2.21. The van der Waals surface area contributed by atoms with Gasteiger partial charge in [0.25, 0.3) is 0 Å². The minimum Gasteiger partial charge on any atom is -0.497 e. The zero-order chi connectivity index (χ0) is 11.8. The van der Waals surface area contributed by atoms with E-state index in [1.54, 1.807) is 7.11 Å². The third kappa shape index (κ3) is 4.99. The SMILES string of the molecule is COc1ccc(CCNC(C)CCBr)cc1. The van der Waals surface area contributed by atoms with Crippen molar-refractivity contribution in [1.82, 2.24) is 5.32 Å². The Balaban J connectivity index is 2.26. The van der Waals surface area contributed by atoms with E-state index in [0.717, 1.165) is 24.0 Å². The highest BCUT2D eigenvalue weighted by atomic mass is 79.9. The molecule has 0 aliphatic rings. The van der Waals surface area contributed by atoms with Crippen molar-refractivity contribution < 1.29 is 4.74 Å². The van der Waals surface area contributed by atoms with Gasteiger partial charge in [0.2, 0.25) is 0 Å². The lowest BCUT2D eigenvalue weighted by atomic mass is 10.1. The summed E-state index contributed by atoms with van der Waals surface area (Å²) in [5, 5.41) is 4.56. The molecular formula is C13H20BrNO. The van der Waals surface area contributed by atoms with Crippen molar-refractivity contribution >= 4 is 15.9 Å². The Hall–Kier alpha value is -0.540. The second-order valence-corrected chi connectivity index (χ2v) is 4.72. The molecule has 90 valence electrons. The van der Waals surface area contributed by atoms with E-state index in [4.69, 9.17) is 4.74 Å². The number of nitrogens with one attached hydrogen (secondary N) is 1. The van der Waals surface area contributed by atoms with Crippen LogP contribution in [0.3, 0.4) is 0 Å². The average Bonchev–Trinajstić information content (AvgIpc) is 2.30. The maximum absolute atomic E-state index is 5.12. The fourth-order valence-electron chi connectivity index (χ4n) is 1.52. The lowest BCUT2D eigenvalue weighted by molar-refractivity contribution is 0.414. The number of alkyl halides is 1. The van der Waals surface area contributed by atoms with Gasteiger partial charge < -0.3 is 10.1 Å². The molecule has 0 radical (unpaired) electrons. The fraction of sp³-hybridized carbons (Fsp3) is 0.538. The summed E-state index contributed by atoms with van der Waals surface area (Å²) in [7, 11) is 1.69. The van der Waals surface area contributed by atoms with E-state index in [2.05, 4.69) is 40.3 Å². The van der Waals surface area contributed by atoms with Gasteiger partial charge in [-0.1, -0.05) is 28.1 Å². The lowest BCUT2D eigenvalue weighted by Gasteiger charge is -2.12. The Morgan fingerprint density at radius 1 is 1.31 bits per heavy atom. The number of methoxy groups -OCH3 is 1. The predicted molar refractivity (Wildman–Crippen MR) is 72.6 cm³/mol. The molecule has 16 heavy (non-hydrogen) atoms. The van der Waals surface area contributed by atoms with E-state index in [1.807, 2.05) is 12.1 Å². The minimum atomic E-state index is 0.581. The third-order valence-corrected chi connectivity index (χ3v) is 3.07. The molecule has 0 saturated carbocycles. The lowest BCUT2D eigenvalue weighted by Crippen LogP contribution is -2.28. The van der Waals surface area contributed by atoms with Crippen LogP contribution in [0.25, 0.3) is 0 Å². The Bertz CT molecular complexity index is 286. The molecule has 0 spiro atoms. The maximum atomic E-state index is 5.12. The molecule has 0 bridgehead atoms. The molecule has 0 aliphatic heterocycles. The predicted octanol–water partition coefficient (Wildman–Crippen LogP) is 3.00. The van der Waals surface area contributed by atoms with Gasteiger partial charge >= 0.3 is 0 Å². The van der Waals surface area contributed by atoms with Crippen LogP contribution in [0.5, 0.6) is 5.75 Å². The van der Waals surface area contributed by atoms with Crippen LogP contribution in [0.2, 0.25) is 0 Å². The highest BCUT2D eigenvalue weighted by Gasteiger charge is 1.99. The molecule has 3 heteroatoms. The van der Waals surface area contributed by atoms with Crippen LogP contribution in [0.15, 0.2) is 24.3 Å². The molecule has 0 saturated heterocycles. The third-order valence-electron chi connectivity index (χ3n) is 2.61. The Morgan fingerprint density at radius 3 is 2.56 bits per heavy atom. The highest BCUT2D eigenvalue weighted by Crippen LogP contribution is 2.11. The summed E-state index contributed by atoms with van der Waals surface area (Å²) in [5.74, 6) is 0.921. The molecule has 1 aromatic rings. The zero-order valence-corrected chi connectivity index (χ0v) is 11.6. The molecule has 0 fully saturated rings. The first-order valence-electron chi connectivity index (χ1n) is 5.68. The van der Waals surface area contributed by atoms with Crippen molar-refractivity contribution in [2.45, 2.75) is 25.8 Å². The van der Waals surface area contributed by atoms with Gasteiger partial charge in [0.15, 0.2) is 0 Å². The second kappa shape index (κ2) is 7.69. The normalized spacial score (nSPS) is 12.4. The average molecular weight is 286 g/mol. The molecule has 0 amide bonds. The second-order valence-electron chi connectivity index (χ2n) is 3.93. The minimum absolute atomic E-state index is 0.581. The van der Waals surface area contributed by atoms with Crippen LogP contribution in [-0.4, -0.2) is 25.0 Å². The molecule has 0 aromatic heterocycles. The first kappa shape index (κ1) is 13.5. The Morgan fingerprint density at radius 2 is 2.00 bits per heavy atom. The molecular weight excluding hydrogens is 266 g/mol. The van der Waals surface area contributed by atoms with Crippen LogP contribution in [0, 0.1) is 0 Å². The van der Waals surface area contributed by atoms with Crippen molar-refractivity contribution in [1.29, 1.82) is 0 Å². The topological polar surface area (TPSA) is 21.3 Å². The summed E-state index contributed by atoms with van der Waals surface area (Å²) in [6, 6.07) is 8.84. The summed E-state index contributed by atoms with van der Waals surface area (Å²) in [5.41, 5.74) is 1.35. The monoisotopic (exact) mass is 285 g/mol. The van der Waals surface area contributed by atoms with E-state index in [0.29, 0.717) is 6.04 Å². The maximum Gasteiger partial charge on any atom is 0.118 e. The van der Waals surface area contributed by atoms with E-state index < -0.39 is 0 Å². The number of halogens is 1. The van der Waals surface area contributed by atoms with E-state index in [9.17, 15) is 0 Å². The van der Waals surface area contributed by atoms with Gasteiger partial charge in [-0.25, -0.2) is 0 Å². The van der Waals surface area contributed by atoms with Crippen LogP contribution in [-0.2, 0) is 6.42 Å². The van der Waals surface area contributed by atoms with Crippen LogP contribution in [0.1, 0.15) is 18.9 Å². The van der Waals surface area contributed by atoms with Gasteiger partial charge in [-0.05, 0) is 44.0 Å². The Labute approximate surface area is 107 Å².